The molecule has 0 radical (unpaired) electrons. The Morgan fingerprint density at radius 1 is 1.09 bits per heavy atom. The minimum absolute atomic E-state index is 0.0241. The van der Waals surface area contributed by atoms with Gasteiger partial charge >= 0.3 is 5.97 Å². The number of hydrogen-bond acceptors (Lipinski definition) is 3. The van der Waals surface area contributed by atoms with Crippen LogP contribution in [0.2, 0.25) is 0 Å². The van der Waals surface area contributed by atoms with E-state index in [1.807, 2.05) is 12.1 Å². The summed E-state index contributed by atoms with van der Waals surface area (Å²) < 4.78 is 0. The first-order valence-corrected chi connectivity index (χ1v) is 7.52. The van der Waals surface area contributed by atoms with Gasteiger partial charge in [-0.3, -0.25) is 4.79 Å². The molecule has 2 N–H and O–H groups in total. The summed E-state index contributed by atoms with van der Waals surface area (Å²) >= 11 is 0. The van der Waals surface area contributed by atoms with E-state index in [9.17, 15) is 9.59 Å². The number of rotatable bonds is 4. The maximum atomic E-state index is 12.2. The molecule has 1 aliphatic rings. The highest BCUT2D eigenvalue weighted by molar-refractivity contribution is 5.94. The Morgan fingerprint density at radius 3 is 2.30 bits per heavy atom. The number of pyridine rings is 1. The second-order valence-electron chi connectivity index (χ2n) is 6.33. The lowest BCUT2D eigenvalue weighted by Gasteiger charge is -2.23. The van der Waals surface area contributed by atoms with Crippen LogP contribution >= 0.6 is 0 Å². The van der Waals surface area contributed by atoms with Gasteiger partial charge in [-0.2, -0.15) is 0 Å². The van der Waals surface area contributed by atoms with Gasteiger partial charge in [-0.15, -0.1) is 0 Å². The molecule has 0 saturated heterocycles. The molecular weight excluding hydrogens is 292 g/mol. The van der Waals surface area contributed by atoms with Gasteiger partial charge in [-0.05, 0) is 41.5 Å². The minimum Gasteiger partial charge on any atom is -0.477 e. The van der Waals surface area contributed by atoms with E-state index in [2.05, 4.69) is 29.4 Å². The highest BCUT2D eigenvalue weighted by atomic mass is 16.4. The smallest absolute Gasteiger partial charge is 0.354 e. The number of fused-ring (bicyclic) bond motifs is 1. The number of nitrogens with one attached hydrogen (secondary N) is 1. The maximum absolute atomic E-state index is 12.2. The average Bonchev–Trinajstić information content (AvgIpc) is 2.89. The van der Waals surface area contributed by atoms with Crippen molar-refractivity contribution in [3.63, 3.8) is 0 Å². The number of carbonyl (C=O) groups excluding carboxylic acids is 1. The van der Waals surface area contributed by atoms with E-state index >= 15 is 0 Å². The fourth-order valence-electron chi connectivity index (χ4n) is 3.07. The third-order valence-corrected chi connectivity index (χ3v) is 4.23. The molecule has 1 aromatic carbocycles. The van der Waals surface area contributed by atoms with Crippen molar-refractivity contribution in [3.8, 4) is 0 Å². The standard InChI is InChI=1S/C18H18N2O3/c1-18(9-12-5-2-3-6-13(12)10-18)11-19-16(21)14-7-4-8-15(20-14)17(22)23/h2-8H,9-11H2,1H3,(H,19,21)(H,22,23). The van der Waals surface area contributed by atoms with Crippen LogP contribution in [0.5, 0.6) is 0 Å². The number of benzene rings is 1. The molecule has 5 nitrogen and oxygen atoms in total. The van der Waals surface area contributed by atoms with Crippen molar-refractivity contribution in [2.75, 3.05) is 6.54 Å². The summed E-state index contributed by atoms with van der Waals surface area (Å²) in [5, 5.41) is 11.8. The molecule has 0 aliphatic heterocycles. The lowest BCUT2D eigenvalue weighted by atomic mass is 9.87. The fraction of sp³-hybridized carbons (Fsp3) is 0.278. The van der Waals surface area contributed by atoms with Gasteiger partial charge < -0.3 is 10.4 Å². The molecule has 0 unspecified atom stereocenters. The van der Waals surface area contributed by atoms with Crippen molar-refractivity contribution >= 4 is 11.9 Å². The number of aromatic carboxylic acids is 1. The summed E-state index contributed by atoms with van der Waals surface area (Å²) in [6.45, 7) is 2.67. The SMILES string of the molecule is CC1(CNC(=O)c2cccc(C(=O)O)n2)Cc2ccccc2C1. The number of amides is 1. The van der Waals surface area contributed by atoms with Crippen LogP contribution in [0.3, 0.4) is 0 Å². The molecule has 2 aromatic rings. The van der Waals surface area contributed by atoms with E-state index in [0.717, 1.165) is 12.8 Å². The summed E-state index contributed by atoms with van der Waals surface area (Å²) in [5.74, 6) is -1.48. The van der Waals surface area contributed by atoms with Gasteiger partial charge in [-0.25, -0.2) is 9.78 Å². The fourth-order valence-corrected chi connectivity index (χ4v) is 3.07. The molecule has 0 saturated carbocycles. The summed E-state index contributed by atoms with van der Waals surface area (Å²) in [6, 6.07) is 12.7. The van der Waals surface area contributed by atoms with Crippen LogP contribution in [0.4, 0.5) is 0 Å². The van der Waals surface area contributed by atoms with E-state index in [0.29, 0.717) is 6.54 Å². The van der Waals surface area contributed by atoms with Crippen molar-refractivity contribution in [2.24, 2.45) is 5.41 Å². The third-order valence-electron chi connectivity index (χ3n) is 4.23. The van der Waals surface area contributed by atoms with Gasteiger partial charge in [0.05, 0.1) is 0 Å². The van der Waals surface area contributed by atoms with Gasteiger partial charge in [0.1, 0.15) is 11.4 Å². The Kier molecular flexibility index (Phi) is 3.86. The highest BCUT2D eigenvalue weighted by Crippen LogP contribution is 2.35. The first-order chi connectivity index (χ1) is 11.0. The molecule has 118 valence electrons. The monoisotopic (exact) mass is 310 g/mol. The van der Waals surface area contributed by atoms with Crippen LogP contribution < -0.4 is 5.32 Å². The zero-order valence-electron chi connectivity index (χ0n) is 12.9. The Hall–Kier alpha value is -2.69. The Labute approximate surface area is 134 Å². The normalized spacial score (nSPS) is 15.0. The number of carboxylic acid groups (broad SMARTS) is 1. The molecule has 0 fully saturated rings. The Balaban J connectivity index is 1.66. The molecule has 1 aliphatic carbocycles. The number of carboxylic acids is 1. The van der Waals surface area contributed by atoms with Crippen molar-refractivity contribution in [1.82, 2.24) is 10.3 Å². The van der Waals surface area contributed by atoms with Crippen LogP contribution in [-0.2, 0) is 12.8 Å². The molecule has 1 aromatic heterocycles. The third kappa shape index (κ3) is 3.23. The molecule has 5 heteroatoms. The van der Waals surface area contributed by atoms with Gasteiger partial charge in [-0.1, -0.05) is 37.3 Å². The number of hydrogen-bond donors (Lipinski definition) is 2. The molecule has 23 heavy (non-hydrogen) atoms. The first-order valence-electron chi connectivity index (χ1n) is 7.52. The lowest BCUT2D eigenvalue weighted by molar-refractivity contribution is 0.0690. The van der Waals surface area contributed by atoms with Crippen molar-refractivity contribution in [1.29, 1.82) is 0 Å². The lowest BCUT2D eigenvalue weighted by Crippen LogP contribution is -2.36. The van der Waals surface area contributed by atoms with Crippen molar-refractivity contribution < 1.29 is 14.7 Å². The molecule has 0 bridgehead atoms. The minimum atomic E-state index is -1.14. The number of carbonyl (C=O) groups is 2. The summed E-state index contributed by atoms with van der Waals surface area (Å²) in [6.07, 6.45) is 1.85. The van der Waals surface area contributed by atoms with Crippen LogP contribution in [-0.4, -0.2) is 28.5 Å². The molecule has 0 spiro atoms. The average molecular weight is 310 g/mol. The molecule has 0 atom stereocenters. The maximum Gasteiger partial charge on any atom is 0.354 e. The van der Waals surface area contributed by atoms with E-state index in [1.165, 1.54) is 29.3 Å². The Bertz CT molecular complexity index is 745. The van der Waals surface area contributed by atoms with E-state index in [-0.39, 0.29) is 22.7 Å². The van der Waals surface area contributed by atoms with Crippen LogP contribution in [0.15, 0.2) is 42.5 Å². The largest absolute Gasteiger partial charge is 0.477 e. The van der Waals surface area contributed by atoms with Crippen molar-refractivity contribution in [2.45, 2.75) is 19.8 Å². The highest BCUT2D eigenvalue weighted by Gasteiger charge is 2.33. The van der Waals surface area contributed by atoms with E-state index < -0.39 is 5.97 Å². The molecule has 3 rings (SSSR count). The van der Waals surface area contributed by atoms with Crippen LogP contribution in [0, 0.1) is 5.41 Å². The summed E-state index contributed by atoms with van der Waals surface area (Å²) in [4.78, 5) is 27.0. The van der Waals surface area contributed by atoms with Gasteiger partial charge in [0.25, 0.3) is 5.91 Å². The van der Waals surface area contributed by atoms with Crippen LogP contribution in [0.1, 0.15) is 39.0 Å². The van der Waals surface area contributed by atoms with E-state index in [1.54, 1.807) is 0 Å². The van der Waals surface area contributed by atoms with Crippen LogP contribution in [0.25, 0.3) is 0 Å². The van der Waals surface area contributed by atoms with Gasteiger partial charge in [0.15, 0.2) is 0 Å². The number of nitrogens with zero attached hydrogens (tertiary/aromatic N) is 1. The molecule has 1 amide bonds. The van der Waals surface area contributed by atoms with E-state index in [4.69, 9.17) is 5.11 Å². The summed E-state index contributed by atoms with van der Waals surface area (Å²) in [5.41, 5.74) is 2.63. The number of aromatic nitrogens is 1. The first kappa shape index (κ1) is 15.2. The molecule has 1 heterocycles. The Morgan fingerprint density at radius 2 is 1.70 bits per heavy atom. The second-order valence-corrected chi connectivity index (χ2v) is 6.33. The topological polar surface area (TPSA) is 79.3 Å². The summed E-state index contributed by atoms with van der Waals surface area (Å²) in [7, 11) is 0. The second kappa shape index (κ2) is 5.83. The van der Waals surface area contributed by atoms with Gasteiger partial charge in [0, 0.05) is 6.54 Å². The molecular formula is C18H18N2O3. The zero-order valence-corrected chi connectivity index (χ0v) is 12.9. The quantitative estimate of drug-likeness (QED) is 0.908. The predicted molar refractivity (Wildman–Crippen MR) is 85.5 cm³/mol. The zero-order chi connectivity index (χ0) is 16.4. The predicted octanol–water partition coefficient (Wildman–Crippen LogP) is 2.31. The van der Waals surface area contributed by atoms with Gasteiger partial charge in [0.2, 0.25) is 0 Å². The van der Waals surface area contributed by atoms with Crippen molar-refractivity contribution in [3.05, 3.63) is 65.0 Å².